The summed E-state index contributed by atoms with van der Waals surface area (Å²) in [5.41, 5.74) is 4.05. The van der Waals surface area contributed by atoms with Crippen LogP contribution in [0.4, 0.5) is 3.89 Å². The first-order valence-corrected chi connectivity index (χ1v) is 12.1. The number of aromatic nitrogens is 2. The quantitative estimate of drug-likeness (QED) is 0.638. The molecule has 168 valence electrons. The molecule has 0 amide bonds. The van der Waals surface area contributed by atoms with Gasteiger partial charge in [0, 0.05) is 42.1 Å². The third-order valence-electron chi connectivity index (χ3n) is 5.26. The SMILES string of the molecule is CC.OCCSF.c1ccc(C2=NN=C(c3ccccn3)C3CCCCCCC23)nc1. The van der Waals surface area contributed by atoms with E-state index in [2.05, 4.69) is 32.3 Å². The predicted octanol–water partition coefficient (Wildman–Crippen LogP) is 5.89. The summed E-state index contributed by atoms with van der Waals surface area (Å²) >= 11 is 0.152. The van der Waals surface area contributed by atoms with Crippen molar-refractivity contribution in [1.82, 2.24) is 9.97 Å². The minimum Gasteiger partial charge on any atom is -0.395 e. The molecule has 2 unspecified atom stereocenters. The molecule has 2 aromatic rings. The van der Waals surface area contributed by atoms with Crippen molar-refractivity contribution >= 4 is 23.6 Å². The molecule has 0 radical (unpaired) electrons. The average molecular weight is 445 g/mol. The Hall–Kier alpha value is -2.12. The molecule has 1 saturated carbocycles. The van der Waals surface area contributed by atoms with Crippen molar-refractivity contribution in [2.24, 2.45) is 22.0 Å². The zero-order valence-corrected chi connectivity index (χ0v) is 19.3. The van der Waals surface area contributed by atoms with Gasteiger partial charge in [0.05, 0.1) is 29.4 Å². The lowest BCUT2D eigenvalue weighted by molar-refractivity contribution is 0.322. The molecule has 1 fully saturated rings. The van der Waals surface area contributed by atoms with E-state index in [0.29, 0.717) is 11.8 Å². The first kappa shape index (κ1) is 25.1. The molecule has 7 heteroatoms. The third kappa shape index (κ3) is 7.51. The number of hydrogen-bond acceptors (Lipinski definition) is 6. The van der Waals surface area contributed by atoms with Gasteiger partial charge >= 0.3 is 0 Å². The van der Waals surface area contributed by atoms with Crippen molar-refractivity contribution in [3.63, 3.8) is 0 Å². The molecule has 3 heterocycles. The summed E-state index contributed by atoms with van der Waals surface area (Å²) in [6, 6.07) is 12.1. The van der Waals surface area contributed by atoms with E-state index in [1.807, 2.05) is 50.5 Å². The Morgan fingerprint density at radius 2 is 1.32 bits per heavy atom. The molecule has 1 aliphatic carbocycles. The van der Waals surface area contributed by atoms with E-state index < -0.39 is 0 Å². The van der Waals surface area contributed by atoms with Crippen LogP contribution in [0, 0.1) is 11.8 Å². The molecular formula is C24H33FN4OS. The Labute approximate surface area is 189 Å². The smallest absolute Gasteiger partial charge is 0.0924 e. The minimum atomic E-state index is -0.0683. The van der Waals surface area contributed by atoms with Crippen LogP contribution in [0.3, 0.4) is 0 Å². The van der Waals surface area contributed by atoms with Gasteiger partial charge in [-0.3, -0.25) is 9.97 Å². The van der Waals surface area contributed by atoms with Crippen LogP contribution in [0.2, 0.25) is 0 Å². The molecule has 31 heavy (non-hydrogen) atoms. The lowest BCUT2D eigenvalue weighted by Gasteiger charge is -2.32. The molecule has 5 nitrogen and oxygen atoms in total. The number of hydrogen-bond donors (Lipinski definition) is 1. The topological polar surface area (TPSA) is 70.7 Å². The van der Waals surface area contributed by atoms with Crippen molar-refractivity contribution in [3.05, 3.63) is 60.2 Å². The van der Waals surface area contributed by atoms with Gasteiger partial charge in [0.2, 0.25) is 0 Å². The first-order chi connectivity index (χ1) is 15.3. The van der Waals surface area contributed by atoms with Crippen LogP contribution in [-0.2, 0) is 0 Å². The third-order valence-corrected chi connectivity index (χ3v) is 5.59. The molecular weight excluding hydrogens is 411 g/mol. The summed E-state index contributed by atoms with van der Waals surface area (Å²) in [6.45, 7) is 3.93. The molecule has 1 N–H and O–H groups in total. The lowest BCUT2D eigenvalue weighted by atomic mass is 9.74. The van der Waals surface area contributed by atoms with Crippen LogP contribution >= 0.6 is 12.1 Å². The second kappa shape index (κ2) is 14.8. The molecule has 2 atom stereocenters. The highest BCUT2D eigenvalue weighted by atomic mass is 32.2. The van der Waals surface area contributed by atoms with Crippen molar-refractivity contribution in [1.29, 1.82) is 0 Å². The summed E-state index contributed by atoms with van der Waals surface area (Å²) in [7, 11) is 0. The van der Waals surface area contributed by atoms with E-state index in [4.69, 9.17) is 5.11 Å². The van der Waals surface area contributed by atoms with Gasteiger partial charge in [0.25, 0.3) is 0 Å². The molecule has 0 saturated heterocycles. The van der Waals surface area contributed by atoms with Crippen molar-refractivity contribution in [2.45, 2.75) is 52.4 Å². The largest absolute Gasteiger partial charge is 0.395 e. The average Bonchev–Trinajstić information content (AvgIpc) is 2.82. The maximum atomic E-state index is 10.8. The maximum absolute atomic E-state index is 10.8. The second-order valence-corrected chi connectivity index (χ2v) is 7.77. The Balaban J connectivity index is 0.000000432. The molecule has 4 rings (SSSR count). The molecule has 2 aliphatic rings. The highest BCUT2D eigenvalue weighted by molar-refractivity contribution is 7.94. The van der Waals surface area contributed by atoms with Crippen LogP contribution in [0.15, 0.2) is 59.0 Å². The summed E-state index contributed by atoms with van der Waals surface area (Å²) < 4.78 is 10.8. The van der Waals surface area contributed by atoms with Crippen LogP contribution in [0.5, 0.6) is 0 Å². The van der Waals surface area contributed by atoms with E-state index >= 15 is 0 Å². The van der Waals surface area contributed by atoms with Crippen LogP contribution in [0.1, 0.15) is 63.8 Å². The number of aliphatic hydroxyl groups is 1. The summed E-state index contributed by atoms with van der Waals surface area (Å²) in [5.74, 6) is 0.990. The number of rotatable bonds is 4. The molecule has 0 spiro atoms. The summed E-state index contributed by atoms with van der Waals surface area (Å²) in [4.78, 5) is 9.06. The Morgan fingerprint density at radius 3 is 1.65 bits per heavy atom. The standard InChI is InChI=1S/C20H22N4.C2H5FOS.C2H6/c1-2-4-10-16-15(9-3-1)19(17-11-5-7-13-21-17)23-24-20(16)18-12-6-8-14-22-18;3-5-2-1-4;1-2/h5-8,11-16H,1-4,9-10H2;4H,1-2H2;1-2H3. The second-order valence-electron chi connectivity index (χ2n) is 7.14. The molecule has 1 aliphatic heterocycles. The fourth-order valence-corrected chi connectivity index (χ4v) is 4.01. The molecule has 0 aromatic carbocycles. The molecule has 0 bridgehead atoms. The van der Waals surface area contributed by atoms with Crippen LogP contribution < -0.4 is 0 Å². The maximum Gasteiger partial charge on any atom is 0.0924 e. The number of pyridine rings is 2. The van der Waals surface area contributed by atoms with Crippen molar-refractivity contribution in [2.75, 3.05) is 12.4 Å². The first-order valence-electron chi connectivity index (χ1n) is 11.2. The van der Waals surface area contributed by atoms with E-state index in [9.17, 15) is 3.89 Å². The predicted molar refractivity (Wildman–Crippen MR) is 128 cm³/mol. The fourth-order valence-electron chi connectivity index (χ4n) is 3.94. The van der Waals surface area contributed by atoms with Crippen LogP contribution in [-0.4, -0.2) is 38.9 Å². The van der Waals surface area contributed by atoms with Gasteiger partial charge in [-0.05, 0) is 37.1 Å². The summed E-state index contributed by atoms with van der Waals surface area (Å²) in [6.07, 6.45) is 11.1. The van der Waals surface area contributed by atoms with Gasteiger partial charge in [-0.1, -0.05) is 51.7 Å². The van der Waals surface area contributed by atoms with Gasteiger partial charge in [0.15, 0.2) is 0 Å². The normalized spacial score (nSPS) is 20.3. The van der Waals surface area contributed by atoms with Gasteiger partial charge in [-0.15, -0.1) is 0 Å². The Bertz CT molecular complexity index is 734. The van der Waals surface area contributed by atoms with Crippen molar-refractivity contribution < 1.29 is 8.99 Å². The zero-order valence-electron chi connectivity index (χ0n) is 18.5. The van der Waals surface area contributed by atoms with E-state index in [-0.39, 0.29) is 24.5 Å². The van der Waals surface area contributed by atoms with Gasteiger partial charge in [-0.25, -0.2) is 0 Å². The van der Waals surface area contributed by atoms with E-state index in [0.717, 1.165) is 35.7 Å². The lowest BCUT2D eigenvalue weighted by Crippen LogP contribution is -2.35. The monoisotopic (exact) mass is 444 g/mol. The minimum absolute atomic E-state index is 0.0683. The fraction of sp³-hybridized carbons (Fsp3) is 0.500. The van der Waals surface area contributed by atoms with Crippen molar-refractivity contribution in [3.8, 4) is 0 Å². The van der Waals surface area contributed by atoms with Gasteiger partial charge in [0.1, 0.15) is 0 Å². The highest BCUT2D eigenvalue weighted by Crippen LogP contribution is 2.35. The number of fused-ring (bicyclic) bond motifs is 1. The Kier molecular flexibility index (Phi) is 12.0. The number of nitrogens with zero attached hydrogens (tertiary/aromatic N) is 4. The zero-order chi connectivity index (χ0) is 22.3. The van der Waals surface area contributed by atoms with Gasteiger partial charge < -0.3 is 5.11 Å². The van der Waals surface area contributed by atoms with E-state index in [1.165, 1.54) is 25.7 Å². The molecule has 2 aromatic heterocycles. The van der Waals surface area contributed by atoms with E-state index in [1.54, 1.807) is 0 Å². The highest BCUT2D eigenvalue weighted by Gasteiger charge is 2.35. The Morgan fingerprint density at radius 1 is 0.839 bits per heavy atom. The van der Waals surface area contributed by atoms with Gasteiger partial charge in [-0.2, -0.15) is 14.1 Å². The number of halogens is 1. The van der Waals surface area contributed by atoms with Crippen LogP contribution in [0.25, 0.3) is 0 Å². The number of aliphatic hydroxyl groups excluding tert-OH is 1. The summed E-state index contributed by atoms with van der Waals surface area (Å²) in [5, 5.41) is 17.0.